The van der Waals surface area contributed by atoms with E-state index in [1.165, 1.54) is 11.1 Å². The molecule has 0 aliphatic carbocycles. The largest absolute Gasteiger partial charge is 0.322 e. The Bertz CT molecular complexity index is 629. The summed E-state index contributed by atoms with van der Waals surface area (Å²) in [6.45, 7) is 0. The summed E-state index contributed by atoms with van der Waals surface area (Å²) in [6, 6.07) is 20.4. The van der Waals surface area contributed by atoms with Crippen LogP contribution in [0, 0.1) is 0 Å². The van der Waals surface area contributed by atoms with Gasteiger partial charge in [-0.3, -0.25) is 9.97 Å². The van der Waals surface area contributed by atoms with Gasteiger partial charge in [0.05, 0.1) is 11.7 Å². The van der Waals surface area contributed by atoms with Crippen molar-refractivity contribution in [2.45, 2.75) is 12.0 Å². The van der Waals surface area contributed by atoms with Crippen LogP contribution < -0.4 is 5.73 Å². The summed E-state index contributed by atoms with van der Waals surface area (Å²) in [4.78, 5) is 8.50. The SMILES string of the molecule is NC(c1cnccn1)C(c1ccccc1)c1ccccc1. The molecule has 3 nitrogen and oxygen atoms in total. The lowest BCUT2D eigenvalue weighted by Crippen LogP contribution is -2.22. The van der Waals surface area contributed by atoms with Crippen molar-refractivity contribution in [1.82, 2.24) is 9.97 Å². The van der Waals surface area contributed by atoms with Gasteiger partial charge in [-0.15, -0.1) is 0 Å². The van der Waals surface area contributed by atoms with Crippen LogP contribution in [0.5, 0.6) is 0 Å². The molecule has 0 fully saturated rings. The second kappa shape index (κ2) is 6.29. The summed E-state index contributed by atoms with van der Waals surface area (Å²) in [6.07, 6.45) is 5.09. The predicted octanol–water partition coefficient (Wildman–Crippen LogP) is 3.31. The fraction of sp³-hybridized carbons (Fsp3) is 0.111. The first-order valence-corrected chi connectivity index (χ1v) is 6.97. The highest BCUT2D eigenvalue weighted by Gasteiger charge is 2.24. The Labute approximate surface area is 124 Å². The lowest BCUT2D eigenvalue weighted by atomic mass is 9.84. The van der Waals surface area contributed by atoms with E-state index in [2.05, 4.69) is 34.2 Å². The molecule has 104 valence electrons. The van der Waals surface area contributed by atoms with E-state index in [9.17, 15) is 0 Å². The van der Waals surface area contributed by atoms with Gasteiger partial charge in [0.1, 0.15) is 0 Å². The molecule has 2 aromatic carbocycles. The number of aromatic nitrogens is 2. The molecular formula is C18H17N3. The van der Waals surface area contributed by atoms with Crippen molar-refractivity contribution in [1.29, 1.82) is 0 Å². The van der Waals surface area contributed by atoms with Crippen LogP contribution in [0.15, 0.2) is 79.3 Å². The number of nitrogens with two attached hydrogens (primary N) is 1. The zero-order valence-electron chi connectivity index (χ0n) is 11.6. The van der Waals surface area contributed by atoms with Crippen LogP contribution >= 0.6 is 0 Å². The third-order valence-corrected chi connectivity index (χ3v) is 3.60. The Morgan fingerprint density at radius 1 is 0.762 bits per heavy atom. The molecule has 0 bridgehead atoms. The van der Waals surface area contributed by atoms with Crippen LogP contribution in [0.25, 0.3) is 0 Å². The summed E-state index contributed by atoms with van der Waals surface area (Å²) in [7, 11) is 0. The predicted molar refractivity (Wildman–Crippen MR) is 83.7 cm³/mol. The molecule has 1 atom stereocenters. The number of nitrogens with zero attached hydrogens (tertiary/aromatic N) is 2. The van der Waals surface area contributed by atoms with Crippen molar-refractivity contribution in [2.24, 2.45) is 5.73 Å². The minimum Gasteiger partial charge on any atom is -0.322 e. The maximum absolute atomic E-state index is 6.50. The molecule has 0 amide bonds. The van der Waals surface area contributed by atoms with Crippen molar-refractivity contribution in [3.63, 3.8) is 0 Å². The van der Waals surface area contributed by atoms with Gasteiger partial charge < -0.3 is 5.73 Å². The van der Waals surface area contributed by atoms with Gasteiger partial charge in [-0.1, -0.05) is 60.7 Å². The summed E-state index contributed by atoms with van der Waals surface area (Å²) in [5.74, 6) is 0.0594. The van der Waals surface area contributed by atoms with E-state index in [1.807, 2.05) is 36.4 Å². The molecule has 3 aromatic rings. The van der Waals surface area contributed by atoms with E-state index in [1.54, 1.807) is 18.6 Å². The first-order valence-electron chi connectivity index (χ1n) is 6.97. The fourth-order valence-electron chi connectivity index (χ4n) is 2.58. The summed E-state index contributed by atoms with van der Waals surface area (Å²) < 4.78 is 0. The number of benzene rings is 2. The van der Waals surface area contributed by atoms with Gasteiger partial charge in [-0.25, -0.2) is 0 Å². The first kappa shape index (κ1) is 13.5. The van der Waals surface area contributed by atoms with E-state index in [0.29, 0.717) is 0 Å². The monoisotopic (exact) mass is 275 g/mol. The van der Waals surface area contributed by atoms with Crippen molar-refractivity contribution in [2.75, 3.05) is 0 Å². The van der Waals surface area contributed by atoms with E-state index >= 15 is 0 Å². The summed E-state index contributed by atoms with van der Waals surface area (Å²) in [5.41, 5.74) is 9.67. The highest BCUT2D eigenvalue weighted by Crippen LogP contribution is 2.33. The molecule has 21 heavy (non-hydrogen) atoms. The maximum atomic E-state index is 6.50. The highest BCUT2D eigenvalue weighted by molar-refractivity contribution is 5.35. The molecule has 3 rings (SSSR count). The molecule has 1 unspecified atom stereocenters. The average molecular weight is 275 g/mol. The topological polar surface area (TPSA) is 51.8 Å². The second-order valence-electron chi connectivity index (χ2n) is 4.96. The van der Waals surface area contributed by atoms with E-state index < -0.39 is 0 Å². The van der Waals surface area contributed by atoms with Crippen molar-refractivity contribution in [3.8, 4) is 0 Å². The third kappa shape index (κ3) is 2.98. The van der Waals surface area contributed by atoms with Crippen LogP contribution in [0.1, 0.15) is 28.8 Å². The van der Waals surface area contributed by atoms with Crippen LogP contribution in [-0.2, 0) is 0 Å². The number of hydrogen-bond acceptors (Lipinski definition) is 3. The number of hydrogen-bond donors (Lipinski definition) is 1. The highest BCUT2D eigenvalue weighted by atomic mass is 14.8. The minimum absolute atomic E-state index is 0.0594. The summed E-state index contributed by atoms with van der Waals surface area (Å²) in [5, 5.41) is 0. The summed E-state index contributed by atoms with van der Waals surface area (Å²) >= 11 is 0. The zero-order chi connectivity index (χ0) is 14.5. The first-order chi connectivity index (χ1) is 10.4. The zero-order valence-corrected chi connectivity index (χ0v) is 11.6. The molecule has 0 aliphatic rings. The van der Waals surface area contributed by atoms with Gasteiger partial charge in [-0.05, 0) is 11.1 Å². The lowest BCUT2D eigenvalue weighted by Gasteiger charge is -2.24. The average Bonchev–Trinajstić information content (AvgIpc) is 2.58. The van der Waals surface area contributed by atoms with E-state index in [-0.39, 0.29) is 12.0 Å². The maximum Gasteiger partial charge on any atom is 0.0763 e. The minimum atomic E-state index is -0.233. The molecule has 3 heteroatoms. The Morgan fingerprint density at radius 3 is 1.81 bits per heavy atom. The third-order valence-electron chi connectivity index (χ3n) is 3.60. The van der Waals surface area contributed by atoms with Crippen molar-refractivity contribution in [3.05, 3.63) is 96.1 Å². The van der Waals surface area contributed by atoms with Gasteiger partial charge in [0.2, 0.25) is 0 Å². The van der Waals surface area contributed by atoms with Crippen LogP contribution in [0.4, 0.5) is 0 Å². The van der Waals surface area contributed by atoms with Crippen LogP contribution in [0.2, 0.25) is 0 Å². The molecule has 0 saturated heterocycles. The van der Waals surface area contributed by atoms with E-state index in [4.69, 9.17) is 5.73 Å². The molecule has 0 saturated carbocycles. The molecule has 0 radical (unpaired) electrons. The van der Waals surface area contributed by atoms with Gasteiger partial charge in [0.25, 0.3) is 0 Å². The smallest absolute Gasteiger partial charge is 0.0763 e. The molecule has 0 spiro atoms. The van der Waals surface area contributed by atoms with Crippen molar-refractivity contribution >= 4 is 0 Å². The van der Waals surface area contributed by atoms with E-state index in [0.717, 1.165) is 5.69 Å². The van der Waals surface area contributed by atoms with Crippen LogP contribution in [-0.4, -0.2) is 9.97 Å². The molecule has 1 heterocycles. The fourth-order valence-corrected chi connectivity index (χ4v) is 2.58. The van der Waals surface area contributed by atoms with Crippen LogP contribution in [0.3, 0.4) is 0 Å². The molecule has 2 N–H and O–H groups in total. The molecule has 0 aliphatic heterocycles. The van der Waals surface area contributed by atoms with Crippen molar-refractivity contribution < 1.29 is 0 Å². The second-order valence-corrected chi connectivity index (χ2v) is 4.96. The Hall–Kier alpha value is -2.52. The van der Waals surface area contributed by atoms with Gasteiger partial charge >= 0.3 is 0 Å². The molecular weight excluding hydrogens is 258 g/mol. The number of rotatable bonds is 4. The molecule has 1 aromatic heterocycles. The Morgan fingerprint density at radius 2 is 1.33 bits per heavy atom. The van der Waals surface area contributed by atoms with Gasteiger partial charge in [0.15, 0.2) is 0 Å². The standard InChI is InChI=1S/C18H17N3/c19-18(16-13-20-11-12-21-16)17(14-7-3-1-4-8-14)15-9-5-2-6-10-15/h1-13,17-18H,19H2. The Kier molecular flexibility index (Phi) is 4.03. The quantitative estimate of drug-likeness (QED) is 0.794. The van der Waals surface area contributed by atoms with Gasteiger partial charge in [-0.2, -0.15) is 0 Å². The lowest BCUT2D eigenvalue weighted by molar-refractivity contribution is 0.609. The Balaban J connectivity index is 2.05. The van der Waals surface area contributed by atoms with Gasteiger partial charge in [0, 0.05) is 24.5 Å². The normalized spacial score (nSPS) is 12.3.